The molecule has 74 valence electrons. The van der Waals surface area contributed by atoms with Crippen LogP contribution in [0.5, 0.6) is 0 Å². The van der Waals surface area contributed by atoms with E-state index in [0.29, 0.717) is 11.4 Å². The Kier molecular flexibility index (Phi) is 2.14. The van der Waals surface area contributed by atoms with Gasteiger partial charge in [0.15, 0.2) is 0 Å². The van der Waals surface area contributed by atoms with Crippen molar-refractivity contribution in [3.05, 3.63) is 36.0 Å². The van der Waals surface area contributed by atoms with E-state index in [-0.39, 0.29) is 5.91 Å². The average molecular weight is 199 g/mol. The summed E-state index contributed by atoms with van der Waals surface area (Å²) in [6, 6.07) is 9.29. The van der Waals surface area contributed by atoms with Crippen LogP contribution in [0.1, 0.15) is 12.5 Å². The molecular formula is C11H9N3O. The number of fused-ring (bicyclic) bond motifs is 1. The molecule has 4 heteroatoms. The van der Waals surface area contributed by atoms with Crippen LogP contribution in [0, 0.1) is 11.3 Å². The van der Waals surface area contributed by atoms with Crippen molar-refractivity contribution in [2.24, 2.45) is 0 Å². The van der Waals surface area contributed by atoms with Crippen molar-refractivity contribution in [2.45, 2.75) is 6.92 Å². The quantitative estimate of drug-likeness (QED) is 0.760. The zero-order chi connectivity index (χ0) is 10.8. The molecule has 0 saturated heterocycles. The number of amides is 1. The second kappa shape index (κ2) is 3.46. The standard InChI is InChI=1S/C11H9N3O/c1-8(15)13-11-6-9(7-12)10-4-2-3-5-14(10)11/h2-6H,1H3,(H,13,15). The van der Waals surface area contributed by atoms with E-state index < -0.39 is 0 Å². The number of aromatic nitrogens is 1. The van der Waals surface area contributed by atoms with Gasteiger partial charge in [0.05, 0.1) is 11.1 Å². The van der Waals surface area contributed by atoms with Crippen LogP contribution in [0.2, 0.25) is 0 Å². The minimum absolute atomic E-state index is 0.150. The van der Waals surface area contributed by atoms with Crippen LogP contribution in [-0.4, -0.2) is 10.3 Å². The highest BCUT2D eigenvalue weighted by molar-refractivity contribution is 5.89. The van der Waals surface area contributed by atoms with Gasteiger partial charge in [-0.15, -0.1) is 0 Å². The van der Waals surface area contributed by atoms with Crippen LogP contribution < -0.4 is 5.32 Å². The minimum atomic E-state index is -0.150. The molecule has 0 aliphatic heterocycles. The average Bonchev–Trinajstić information content (AvgIpc) is 2.56. The number of hydrogen-bond donors (Lipinski definition) is 1. The number of hydrogen-bond acceptors (Lipinski definition) is 2. The molecule has 0 atom stereocenters. The lowest BCUT2D eigenvalue weighted by Gasteiger charge is -2.01. The normalized spacial score (nSPS) is 9.87. The van der Waals surface area contributed by atoms with Crippen molar-refractivity contribution >= 4 is 17.2 Å². The number of nitriles is 1. The minimum Gasteiger partial charge on any atom is -0.312 e. The Morgan fingerprint density at radius 3 is 3.00 bits per heavy atom. The van der Waals surface area contributed by atoms with Crippen LogP contribution in [0.15, 0.2) is 30.5 Å². The molecule has 2 heterocycles. The van der Waals surface area contributed by atoms with E-state index in [1.165, 1.54) is 6.92 Å². The molecule has 2 aromatic heterocycles. The topological polar surface area (TPSA) is 57.3 Å². The van der Waals surface area contributed by atoms with Crippen LogP contribution in [-0.2, 0) is 4.79 Å². The molecule has 0 bridgehead atoms. The molecule has 0 spiro atoms. The van der Waals surface area contributed by atoms with Crippen LogP contribution in [0.25, 0.3) is 5.52 Å². The summed E-state index contributed by atoms with van der Waals surface area (Å²) in [5.41, 5.74) is 1.35. The molecule has 0 saturated carbocycles. The largest absolute Gasteiger partial charge is 0.312 e. The summed E-state index contributed by atoms with van der Waals surface area (Å²) < 4.78 is 1.78. The first-order chi connectivity index (χ1) is 7.22. The van der Waals surface area contributed by atoms with Gasteiger partial charge in [-0.3, -0.25) is 4.79 Å². The van der Waals surface area contributed by atoms with Gasteiger partial charge in [0.2, 0.25) is 5.91 Å². The molecule has 0 fully saturated rings. The van der Waals surface area contributed by atoms with Crippen molar-refractivity contribution in [2.75, 3.05) is 5.32 Å². The Bertz CT molecular complexity index is 563. The van der Waals surface area contributed by atoms with Gasteiger partial charge in [-0.2, -0.15) is 5.26 Å². The van der Waals surface area contributed by atoms with Crippen molar-refractivity contribution in [1.29, 1.82) is 5.26 Å². The second-order valence-corrected chi connectivity index (χ2v) is 3.19. The molecule has 0 unspecified atom stereocenters. The summed E-state index contributed by atoms with van der Waals surface area (Å²) in [5.74, 6) is 0.470. The van der Waals surface area contributed by atoms with E-state index in [0.717, 1.165) is 5.52 Å². The number of rotatable bonds is 1. The monoisotopic (exact) mass is 199 g/mol. The fraction of sp³-hybridized carbons (Fsp3) is 0.0909. The lowest BCUT2D eigenvalue weighted by atomic mass is 10.3. The molecule has 0 aliphatic carbocycles. The summed E-state index contributed by atoms with van der Waals surface area (Å²) >= 11 is 0. The number of anilines is 1. The third-order valence-electron chi connectivity index (χ3n) is 2.10. The summed E-state index contributed by atoms with van der Waals surface area (Å²) in [7, 11) is 0. The molecule has 2 aromatic rings. The molecular weight excluding hydrogens is 190 g/mol. The lowest BCUT2D eigenvalue weighted by molar-refractivity contribution is -0.114. The van der Waals surface area contributed by atoms with E-state index >= 15 is 0 Å². The number of pyridine rings is 1. The highest BCUT2D eigenvalue weighted by Gasteiger charge is 2.08. The van der Waals surface area contributed by atoms with Crippen molar-refractivity contribution < 1.29 is 4.79 Å². The van der Waals surface area contributed by atoms with Crippen molar-refractivity contribution in [1.82, 2.24) is 4.40 Å². The van der Waals surface area contributed by atoms with Crippen LogP contribution >= 0.6 is 0 Å². The Labute approximate surface area is 86.7 Å². The Hall–Kier alpha value is -2.28. The summed E-state index contributed by atoms with van der Waals surface area (Å²) in [6.45, 7) is 1.44. The second-order valence-electron chi connectivity index (χ2n) is 3.19. The van der Waals surface area contributed by atoms with Gasteiger partial charge < -0.3 is 9.72 Å². The third kappa shape index (κ3) is 1.55. The highest BCUT2D eigenvalue weighted by Crippen LogP contribution is 2.19. The van der Waals surface area contributed by atoms with Gasteiger partial charge in [-0.25, -0.2) is 0 Å². The number of nitrogens with zero attached hydrogens (tertiary/aromatic N) is 2. The SMILES string of the molecule is CC(=O)Nc1cc(C#N)c2ccccn12. The van der Waals surface area contributed by atoms with Gasteiger partial charge in [0, 0.05) is 13.1 Å². The summed E-state index contributed by atoms with van der Waals surface area (Å²) in [4.78, 5) is 10.9. The van der Waals surface area contributed by atoms with Gasteiger partial charge in [0.25, 0.3) is 0 Å². The molecule has 0 aliphatic rings. The van der Waals surface area contributed by atoms with Gasteiger partial charge in [-0.1, -0.05) is 6.07 Å². The molecule has 4 nitrogen and oxygen atoms in total. The van der Waals surface area contributed by atoms with E-state index in [1.807, 2.05) is 18.2 Å². The zero-order valence-corrected chi connectivity index (χ0v) is 8.19. The maximum atomic E-state index is 10.9. The van der Waals surface area contributed by atoms with Crippen LogP contribution in [0.3, 0.4) is 0 Å². The van der Waals surface area contributed by atoms with Gasteiger partial charge in [0.1, 0.15) is 11.9 Å². The predicted molar refractivity (Wildman–Crippen MR) is 56.4 cm³/mol. The first kappa shape index (κ1) is 9.28. The Morgan fingerprint density at radius 1 is 1.53 bits per heavy atom. The third-order valence-corrected chi connectivity index (χ3v) is 2.10. The lowest BCUT2D eigenvalue weighted by Crippen LogP contribution is -2.07. The van der Waals surface area contributed by atoms with E-state index in [2.05, 4.69) is 11.4 Å². The molecule has 0 aromatic carbocycles. The number of carbonyl (C=O) groups excluding carboxylic acids is 1. The highest BCUT2D eigenvalue weighted by atomic mass is 16.1. The first-order valence-corrected chi connectivity index (χ1v) is 4.50. The summed E-state index contributed by atoms with van der Waals surface area (Å²) in [6.07, 6.45) is 1.81. The van der Waals surface area contributed by atoms with Crippen LogP contribution in [0.4, 0.5) is 5.82 Å². The molecule has 15 heavy (non-hydrogen) atoms. The van der Waals surface area contributed by atoms with Crippen molar-refractivity contribution in [3.8, 4) is 6.07 Å². The number of nitrogens with one attached hydrogen (secondary N) is 1. The van der Waals surface area contributed by atoms with E-state index in [9.17, 15) is 4.79 Å². The fourth-order valence-electron chi connectivity index (χ4n) is 1.52. The zero-order valence-electron chi connectivity index (χ0n) is 8.19. The first-order valence-electron chi connectivity index (χ1n) is 4.50. The molecule has 2 rings (SSSR count). The maximum absolute atomic E-state index is 10.9. The van der Waals surface area contributed by atoms with E-state index in [4.69, 9.17) is 5.26 Å². The van der Waals surface area contributed by atoms with E-state index in [1.54, 1.807) is 16.7 Å². The predicted octanol–water partition coefficient (Wildman–Crippen LogP) is 1.77. The fourth-order valence-corrected chi connectivity index (χ4v) is 1.52. The number of carbonyl (C=O) groups is 1. The summed E-state index contributed by atoms with van der Waals surface area (Å²) in [5, 5.41) is 11.6. The van der Waals surface area contributed by atoms with Crippen molar-refractivity contribution in [3.63, 3.8) is 0 Å². The Balaban J connectivity index is 2.66. The van der Waals surface area contributed by atoms with Gasteiger partial charge >= 0.3 is 0 Å². The molecule has 1 N–H and O–H groups in total. The Morgan fingerprint density at radius 2 is 2.33 bits per heavy atom. The van der Waals surface area contributed by atoms with Gasteiger partial charge in [-0.05, 0) is 18.2 Å². The smallest absolute Gasteiger partial charge is 0.222 e. The molecule has 0 radical (unpaired) electrons. The molecule has 1 amide bonds. The maximum Gasteiger partial charge on any atom is 0.222 e.